The standard InChI is InChI=1S/C21H19F4N5O/c22-14-7-27-8-15(14)29-18(31)19-9-20(19,21(23,24)25)11-30(10-19)16-4-3-12(6-26)17-13(16)2-1-5-28-17/h1-5,14-15,27H,7-11H2,(H,29,31)/t14-,15+,19-,20-/m0/s1. The number of carbonyl (C=O) groups excluding carboxylic acids is 1. The molecule has 3 heterocycles. The van der Waals surface area contributed by atoms with Crippen LogP contribution in [0.2, 0.25) is 0 Å². The lowest BCUT2D eigenvalue weighted by atomic mass is 9.94. The number of halogens is 4. The molecule has 1 aromatic carbocycles. The third-order valence-electron chi connectivity index (χ3n) is 6.96. The molecule has 4 atom stereocenters. The van der Waals surface area contributed by atoms with Crippen LogP contribution in [-0.4, -0.2) is 55.5 Å². The Hall–Kier alpha value is -2.93. The number of pyridine rings is 1. The van der Waals surface area contributed by atoms with E-state index in [2.05, 4.69) is 15.6 Å². The summed E-state index contributed by atoms with van der Waals surface area (Å²) in [5, 5.41) is 15.2. The molecule has 1 saturated carbocycles. The van der Waals surface area contributed by atoms with Crippen LogP contribution in [0.25, 0.3) is 10.9 Å². The highest BCUT2D eigenvalue weighted by Crippen LogP contribution is 2.75. The topological polar surface area (TPSA) is 81.0 Å². The minimum atomic E-state index is -4.58. The second-order valence-corrected chi connectivity index (χ2v) is 8.59. The Balaban J connectivity index is 1.51. The number of carbonyl (C=O) groups is 1. The summed E-state index contributed by atoms with van der Waals surface area (Å²) in [6.45, 7) is -0.247. The van der Waals surface area contributed by atoms with Crippen molar-refractivity contribution in [2.24, 2.45) is 10.8 Å². The number of nitrogens with zero attached hydrogens (tertiary/aromatic N) is 3. The Morgan fingerprint density at radius 3 is 2.77 bits per heavy atom. The van der Waals surface area contributed by atoms with E-state index >= 15 is 0 Å². The van der Waals surface area contributed by atoms with Crippen LogP contribution in [0.15, 0.2) is 30.5 Å². The van der Waals surface area contributed by atoms with Gasteiger partial charge in [0.05, 0.1) is 22.5 Å². The summed E-state index contributed by atoms with van der Waals surface area (Å²) in [7, 11) is 0. The second-order valence-electron chi connectivity index (χ2n) is 8.59. The summed E-state index contributed by atoms with van der Waals surface area (Å²) in [6.07, 6.45) is -4.70. The number of amides is 1. The van der Waals surface area contributed by atoms with E-state index in [-0.39, 0.29) is 32.6 Å². The van der Waals surface area contributed by atoms with Crippen molar-refractivity contribution in [1.29, 1.82) is 5.26 Å². The van der Waals surface area contributed by atoms with Crippen LogP contribution < -0.4 is 15.5 Å². The van der Waals surface area contributed by atoms with Gasteiger partial charge in [0.15, 0.2) is 0 Å². The van der Waals surface area contributed by atoms with E-state index in [4.69, 9.17) is 0 Å². The number of benzene rings is 1. The minimum Gasteiger partial charge on any atom is -0.369 e. The molecular formula is C21H19F4N5O. The number of fused-ring (bicyclic) bond motifs is 2. The van der Waals surface area contributed by atoms with Crippen molar-refractivity contribution in [2.45, 2.75) is 24.8 Å². The number of rotatable bonds is 3. The van der Waals surface area contributed by atoms with Crippen LogP contribution >= 0.6 is 0 Å². The van der Waals surface area contributed by atoms with Crippen molar-refractivity contribution < 1.29 is 22.4 Å². The third kappa shape index (κ3) is 2.72. The van der Waals surface area contributed by atoms with Crippen molar-refractivity contribution in [3.8, 4) is 6.07 Å². The maximum Gasteiger partial charge on any atom is 0.397 e. The Morgan fingerprint density at radius 1 is 1.29 bits per heavy atom. The Morgan fingerprint density at radius 2 is 2.10 bits per heavy atom. The molecule has 2 aromatic rings. The van der Waals surface area contributed by atoms with Gasteiger partial charge in [-0.3, -0.25) is 9.78 Å². The van der Waals surface area contributed by atoms with Crippen LogP contribution in [0.1, 0.15) is 12.0 Å². The molecule has 31 heavy (non-hydrogen) atoms. The molecule has 1 amide bonds. The number of aromatic nitrogens is 1. The van der Waals surface area contributed by atoms with Crippen LogP contribution in [0, 0.1) is 22.2 Å². The molecule has 3 fully saturated rings. The van der Waals surface area contributed by atoms with Gasteiger partial charge >= 0.3 is 6.18 Å². The molecule has 0 radical (unpaired) electrons. The fourth-order valence-electron chi connectivity index (χ4n) is 5.21. The van der Waals surface area contributed by atoms with E-state index in [1.807, 2.05) is 6.07 Å². The summed E-state index contributed by atoms with van der Waals surface area (Å²) in [5.74, 6) is -0.750. The monoisotopic (exact) mass is 433 g/mol. The van der Waals surface area contributed by atoms with Gasteiger partial charge in [0.2, 0.25) is 5.91 Å². The molecule has 2 aliphatic heterocycles. The summed E-state index contributed by atoms with van der Waals surface area (Å²) in [5.41, 5.74) is -2.61. The number of anilines is 1. The predicted octanol–water partition coefficient (Wildman–Crippen LogP) is 2.29. The Labute approximate surface area is 175 Å². The molecule has 10 heteroatoms. The van der Waals surface area contributed by atoms with Crippen molar-refractivity contribution in [3.63, 3.8) is 0 Å². The van der Waals surface area contributed by atoms with Gasteiger partial charge in [-0.2, -0.15) is 18.4 Å². The van der Waals surface area contributed by atoms with Crippen LogP contribution in [0.5, 0.6) is 0 Å². The molecule has 5 rings (SSSR count). The summed E-state index contributed by atoms with van der Waals surface area (Å²) in [4.78, 5) is 18.8. The number of alkyl halides is 4. The first kappa shape index (κ1) is 20.0. The molecule has 162 valence electrons. The summed E-state index contributed by atoms with van der Waals surface area (Å²) in [6, 6.07) is 7.69. The largest absolute Gasteiger partial charge is 0.397 e. The first-order valence-corrected chi connectivity index (χ1v) is 9.98. The van der Waals surface area contributed by atoms with E-state index in [1.165, 1.54) is 12.3 Å². The molecule has 0 spiro atoms. The molecule has 2 saturated heterocycles. The zero-order valence-electron chi connectivity index (χ0n) is 16.3. The number of nitrogens with one attached hydrogen (secondary N) is 2. The Bertz CT molecular complexity index is 1120. The zero-order chi connectivity index (χ0) is 22.0. The summed E-state index contributed by atoms with van der Waals surface area (Å²) >= 11 is 0. The lowest BCUT2D eigenvalue weighted by molar-refractivity contribution is -0.191. The number of piperidine rings is 1. The SMILES string of the molecule is N#Cc1ccc(N2C[C@]3(C(=O)N[C@@H]4CNC[C@@H]4F)C[C@]3(C(F)(F)F)C2)c2cccnc12. The first-order chi connectivity index (χ1) is 14.7. The van der Waals surface area contributed by atoms with Gasteiger partial charge in [-0.05, 0) is 30.7 Å². The van der Waals surface area contributed by atoms with E-state index in [1.54, 1.807) is 23.1 Å². The van der Waals surface area contributed by atoms with Gasteiger partial charge in [0, 0.05) is 43.4 Å². The lowest BCUT2D eigenvalue weighted by Crippen LogP contribution is -2.48. The van der Waals surface area contributed by atoms with Crippen LogP contribution in [0.3, 0.4) is 0 Å². The van der Waals surface area contributed by atoms with Gasteiger partial charge < -0.3 is 15.5 Å². The fourth-order valence-corrected chi connectivity index (χ4v) is 5.21. The quantitative estimate of drug-likeness (QED) is 0.727. The molecule has 1 aromatic heterocycles. The summed E-state index contributed by atoms with van der Waals surface area (Å²) < 4.78 is 56.4. The molecule has 1 aliphatic carbocycles. The number of nitriles is 1. The smallest absolute Gasteiger partial charge is 0.369 e. The predicted molar refractivity (Wildman–Crippen MR) is 104 cm³/mol. The van der Waals surface area contributed by atoms with Crippen molar-refractivity contribution in [2.75, 3.05) is 31.1 Å². The normalized spacial score (nSPS) is 32.0. The Kier molecular flexibility index (Phi) is 4.21. The molecule has 6 nitrogen and oxygen atoms in total. The van der Waals surface area contributed by atoms with E-state index in [9.17, 15) is 27.6 Å². The van der Waals surface area contributed by atoms with Crippen LogP contribution in [-0.2, 0) is 4.79 Å². The minimum absolute atomic E-state index is 0.0682. The van der Waals surface area contributed by atoms with Gasteiger partial charge in [-0.25, -0.2) is 4.39 Å². The maximum absolute atomic E-state index is 14.2. The highest BCUT2D eigenvalue weighted by Gasteiger charge is 2.86. The zero-order valence-corrected chi connectivity index (χ0v) is 16.3. The van der Waals surface area contributed by atoms with Gasteiger partial charge in [-0.1, -0.05) is 0 Å². The fraction of sp³-hybridized carbons (Fsp3) is 0.476. The van der Waals surface area contributed by atoms with Gasteiger partial charge in [0.1, 0.15) is 17.7 Å². The highest BCUT2D eigenvalue weighted by molar-refractivity contribution is 5.97. The van der Waals surface area contributed by atoms with E-state index < -0.39 is 35.1 Å². The molecule has 2 N–H and O–H groups in total. The van der Waals surface area contributed by atoms with Crippen molar-refractivity contribution >= 4 is 22.5 Å². The second kappa shape index (κ2) is 6.53. The van der Waals surface area contributed by atoms with Crippen LogP contribution in [0.4, 0.5) is 23.2 Å². The van der Waals surface area contributed by atoms with E-state index in [0.29, 0.717) is 22.2 Å². The van der Waals surface area contributed by atoms with Gasteiger partial charge in [0.25, 0.3) is 0 Å². The lowest BCUT2D eigenvalue weighted by Gasteiger charge is -2.25. The van der Waals surface area contributed by atoms with E-state index in [0.717, 1.165) is 0 Å². The average Bonchev–Trinajstić information content (AvgIpc) is 3.04. The van der Waals surface area contributed by atoms with Gasteiger partial charge in [-0.15, -0.1) is 0 Å². The maximum atomic E-state index is 14.2. The number of hydrogen-bond acceptors (Lipinski definition) is 5. The number of hydrogen-bond donors (Lipinski definition) is 2. The first-order valence-electron chi connectivity index (χ1n) is 9.98. The molecule has 0 bridgehead atoms. The third-order valence-corrected chi connectivity index (χ3v) is 6.96. The van der Waals surface area contributed by atoms with Crippen molar-refractivity contribution in [1.82, 2.24) is 15.6 Å². The molecular weight excluding hydrogens is 414 g/mol. The average molecular weight is 433 g/mol. The molecule has 0 unspecified atom stereocenters. The molecule has 3 aliphatic rings. The highest BCUT2D eigenvalue weighted by atomic mass is 19.4. The van der Waals surface area contributed by atoms with Crippen molar-refractivity contribution in [3.05, 3.63) is 36.0 Å².